The summed E-state index contributed by atoms with van der Waals surface area (Å²) in [6, 6.07) is 0. The predicted molar refractivity (Wildman–Crippen MR) is 66.4 cm³/mol. The SMILES string of the molecule is CCOC(=O)c1cnn2c(Br)c(C)nc(Cl)c12. The second-order valence-corrected chi connectivity index (χ2v) is 4.43. The van der Waals surface area contributed by atoms with E-state index in [0.29, 0.717) is 28.0 Å². The van der Waals surface area contributed by atoms with E-state index >= 15 is 0 Å². The summed E-state index contributed by atoms with van der Waals surface area (Å²) in [4.78, 5) is 15.8. The normalized spacial score (nSPS) is 10.8. The van der Waals surface area contributed by atoms with E-state index in [1.807, 2.05) is 0 Å². The Hall–Kier alpha value is -1.14. The van der Waals surface area contributed by atoms with E-state index in [4.69, 9.17) is 16.3 Å². The third kappa shape index (κ3) is 2.02. The molecule has 0 saturated heterocycles. The molecule has 17 heavy (non-hydrogen) atoms. The Kier molecular flexibility index (Phi) is 3.35. The number of halogens is 2. The summed E-state index contributed by atoms with van der Waals surface area (Å²) >= 11 is 9.37. The number of nitrogens with zero attached hydrogens (tertiary/aromatic N) is 3. The van der Waals surface area contributed by atoms with Crippen LogP contribution in [0.25, 0.3) is 5.52 Å². The van der Waals surface area contributed by atoms with Gasteiger partial charge in [0.1, 0.15) is 15.7 Å². The van der Waals surface area contributed by atoms with Crippen LogP contribution in [0.2, 0.25) is 5.15 Å². The zero-order valence-electron chi connectivity index (χ0n) is 9.20. The number of carbonyl (C=O) groups excluding carboxylic acids is 1. The second-order valence-electron chi connectivity index (χ2n) is 3.32. The molecule has 0 fully saturated rings. The topological polar surface area (TPSA) is 56.5 Å². The van der Waals surface area contributed by atoms with Crippen molar-refractivity contribution in [3.05, 3.63) is 27.2 Å². The van der Waals surface area contributed by atoms with Crippen LogP contribution in [-0.2, 0) is 4.74 Å². The average Bonchev–Trinajstić information content (AvgIpc) is 2.71. The maximum absolute atomic E-state index is 11.7. The minimum atomic E-state index is -0.457. The Balaban J connectivity index is 2.69. The number of hydrogen-bond donors (Lipinski definition) is 0. The van der Waals surface area contributed by atoms with Gasteiger partial charge in [-0.05, 0) is 29.8 Å². The molecule has 0 aromatic carbocycles. The van der Waals surface area contributed by atoms with Crippen LogP contribution in [0, 0.1) is 6.92 Å². The molecule has 0 amide bonds. The van der Waals surface area contributed by atoms with E-state index in [1.165, 1.54) is 10.7 Å². The highest BCUT2D eigenvalue weighted by Crippen LogP contribution is 2.25. The van der Waals surface area contributed by atoms with E-state index < -0.39 is 5.97 Å². The van der Waals surface area contributed by atoms with Gasteiger partial charge in [-0.25, -0.2) is 14.3 Å². The largest absolute Gasteiger partial charge is 0.462 e. The van der Waals surface area contributed by atoms with Crippen molar-refractivity contribution in [2.45, 2.75) is 13.8 Å². The summed E-state index contributed by atoms with van der Waals surface area (Å²) in [6.45, 7) is 3.83. The zero-order valence-corrected chi connectivity index (χ0v) is 11.5. The van der Waals surface area contributed by atoms with Crippen molar-refractivity contribution in [3.63, 3.8) is 0 Å². The average molecular weight is 319 g/mol. The van der Waals surface area contributed by atoms with Crippen LogP contribution in [0.1, 0.15) is 23.0 Å². The van der Waals surface area contributed by atoms with Crippen molar-refractivity contribution in [2.24, 2.45) is 0 Å². The van der Waals surface area contributed by atoms with E-state index in [2.05, 4.69) is 26.0 Å². The highest BCUT2D eigenvalue weighted by molar-refractivity contribution is 9.10. The Bertz CT molecular complexity index is 597. The van der Waals surface area contributed by atoms with Crippen LogP contribution < -0.4 is 0 Å². The van der Waals surface area contributed by atoms with E-state index in [1.54, 1.807) is 13.8 Å². The summed E-state index contributed by atoms with van der Waals surface area (Å²) in [7, 11) is 0. The monoisotopic (exact) mass is 317 g/mol. The van der Waals surface area contributed by atoms with Crippen LogP contribution in [0.4, 0.5) is 0 Å². The van der Waals surface area contributed by atoms with Crippen molar-refractivity contribution in [3.8, 4) is 0 Å². The Morgan fingerprint density at radius 1 is 1.65 bits per heavy atom. The Morgan fingerprint density at radius 3 is 3.00 bits per heavy atom. The number of aryl methyl sites for hydroxylation is 1. The van der Waals surface area contributed by atoms with Gasteiger partial charge in [0.05, 0.1) is 18.5 Å². The first-order valence-electron chi connectivity index (χ1n) is 4.92. The third-order valence-corrected chi connectivity index (χ3v) is 3.38. The first kappa shape index (κ1) is 12.3. The summed E-state index contributed by atoms with van der Waals surface area (Å²) < 4.78 is 7.11. The Labute approximate surface area is 111 Å². The molecule has 5 nitrogen and oxygen atoms in total. The molecular weight excluding hydrogens is 309 g/mol. The maximum Gasteiger partial charge on any atom is 0.342 e. The van der Waals surface area contributed by atoms with Gasteiger partial charge in [-0.3, -0.25) is 0 Å². The quantitative estimate of drug-likeness (QED) is 0.799. The van der Waals surface area contributed by atoms with Crippen LogP contribution >= 0.6 is 27.5 Å². The smallest absolute Gasteiger partial charge is 0.342 e. The maximum atomic E-state index is 11.7. The first-order chi connectivity index (χ1) is 8.06. The van der Waals surface area contributed by atoms with Crippen LogP contribution in [0.5, 0.6) is 0 Å². The molecule has 90 valence electrons. The highest BCUT2D eigenvalue weighted by Gasteiger charge is 2.19. The van der Waals surface area contributed by atoms with E-state index in [-0.39, 0.29) is 5.15 Å². The molecule has 0 saturated carbocycles. The molecule has 2 aromatic rings. The molecule has 2 heterocycles. The van der Waals surface area contributed by atoms with Crippen molar-refractivity contribution < 1.29 is 9.53 Å². The number of ether oxygens (including phenoxy) is 1. The number of aromatic nitrogens is 3. The molecule has 0 aliphatic rings. The van der Waals surface area contributed by atoms with Gasteiger partial charge in [0.15, 0.2) is 5.15 Å². The van der Waals surface area contributed by atoms with Gasteiger partial charge >= 0.3 is 5.97 Å². The highest BCUT2D eigenvalue weighted by atomic mass is 79.9. The van der Waals surface area contributed by atoms with Gasteiger partial charge in [0.25, 0.3) is 0 Å². The number of esters is 1. The number of rotatable bonds is 2. The molecular formula is C10H9BrClN3O2. The molecule has 0 bridgehead atoms. The predicted octanol–water partition coefficient (Wildman–Crippen LogP) is 2.63. The van der Waals surface area contributed by atoms with Crippen LogP contribution in [0.15, 0.2) is 10.8 Å². The summed E-state index contributed by atoms with van der Waals surface area (Å²) in [6.07, 6.45) is 1.42. The molecule has 0 atom stereocenters. The van der Waals surface area contributed by atoms with E-state index in [0.717, 1.165) is 0 Å². The minimum Gasteiger partial charge on any atom is -0.462 e. The third-order valence-electron chi connectivity index (χ3n) is 2.21. The molecule has 0 aliphatic carbocycles. The standard InChI is InChI=1S/C10H9BrClN3O2/c1-3-17-10(16)6-4-13-15-7(6)9(12)14-5(2)8(15)11/h4H,3H2,1-2H3. The summed E-state index contributed by atoms with van der Waals surface area (Å²) in [5, 5.41) is 4.32. The van der Waals surface area contributed by atoms with Crippen molar-refractivity contribution in [2.75, 3.05) is 6.61 Å². The lowest BCUT2D eigenvalue weighted by Crippen LogP contribution is -2.05. The molecule has 0 spiro atoms. The molecule has 0 aliphatic heterocycles. The summed E-state index contributed by atoms with van der Waals surface area (Å²) in [5.74, 6) is -0.457. The van der Waals surface area contributed by atoms with Crippen molar-refractivity contribution in [1.29, 1.82) is 0 Å². The molecule has 2 rings (SSSR count). The number of fused-ring (bicyclic) bond motifs is 1. The first-order valence-corrected chi connectivity index (χ1v) is 6.09. The fourth-order valence-electron chi connectivity index (χ4n) is 1.45. The van der Waals surface area contributed by atoms with Gasteiger partial charge in [0.2, 0.25) is 0 Å². The van der Waals surface area contributed by atoms with Crippen molar-refractivity contribution >= 4 is 39.0 Å². The minimum absolute atomic E-state index is 0.228. The van der Waals surface area contributed by atoms with Gasteiger partial charge < -0.3 is 4.74 Å². The number of hydrogen-bond acceptors (Lipinski definition) is 4. The summed E-state index contributed by atoms with van der Waals surface area (Å²) in [5.41, 5.74) is 1.45. The molecule has 0 radical (unpaired) electrons. The lowest BCUT2D eigenvalue weighted by Gasteiger charge is -2.04. The van der Waals surface area contributed by atoms with Crippen LogP contribution in [-0.4, -0.2) is 27.2 Å². The fraction of sp³-hybridized carbons (Fsp3) is 0.300. The lowest BCUT2D eigenvalue weighted by atomic mass is 10.3. The van der Waals surface area contributed by atoms with Gasteiger partial charge in [-0.1, -0.05) is 11.6 Å². The molecule has 2 aromatic heterocycles. The Morgan fingerprint density at radius 2 is 2.35 bits per heavy atom. The zero-order chi connectivity index (χ0) is 12.6. The van der Waals surface area contributed by atoms with Crippen LogP contribution in [0.3, 0.4) is 0 Å². The molecule has 0 N–H and O–H groups in total. The molecule has 0 unspecified atom stereocenters. The second kappa shape index (κ2) is 4.62. The van der Waals surface area contributed by atoms with Gasteiger partial charge in [-0.2, -0.15) is 5.10 Å². The van der Waals surface area contributed by atoms with Gasteiger partial charge in [0, 0.05) is 0 Å². The molecule has 7 heteroatoms. The fourth-order valence-corrected chi connectivity index (χ4v) is 2.12. The lowest BCUT2D eigenvalue weighted by molar-refractivity contribution is 0.0528. The van der Waals surface area contributed by atoms with Gasteiger partial charge in [-0.15, -0.1) is 0 Å². The van der Waals surface area contributed by atoms with Crippen molar-refractivity contribution in [1.82, 2.24) is 14.6 Å². The van der Waals surface area contributed by atoms with E-state index in [9.17, 15) is 4.79 Å². The number of carbonyl (C=O) groups is 1.